The van der Waals surface area contributed by atoms with Crippen molar-refractivity contribution in [2.45, 2.75) is 11.6 Å². The number of hydrogen-bond donors (Lipinski definition) is 3. The molecule has 0 fully saturated rings. The van der Waals surface area contributed by atoms with Crippen LogP contribution in [0.1, 0.15) is 5.56 Å². The Hall–Kier alpha value is -4.31. The number of nitrogens with zero attached hydrogens (tertiary/aromatic N) is 3. The molecular formula is C25H23N5O4S. The van der Waals surface area contributed by atoms with Gasteiger partial charge in [-0.05, 0) is 29.8 Å². The van der Waals surface area contributed by atoms with Crippen molar-refractivity contribution >= 4 is 23.6 Å². The van der Waals surface area contributed by atoms with E-state index in [0.717, 1.165) is 17.3 Å². The Morgan fingerprint density at radius 2 is 1.60 bits per heavy atom. The summed E-state index contributed by atoms with van der Waals surface area (Å²) in [4.78, 5) is 24.5. The van der Waals surface area contributed by atoms with Gasteiger partial charge in [0.1, 0.15) is 11.5 Å². The van der Waals surface area contributed by atoms with E-state index in [9.17, 15) is 14.7 Å². The average Bonchev–Trinajstić information content (AvgIpc) is 3.30. The molecule has 3 N–H and O–H groups in total. The zero-order valence-corrected chi connectivity index (χ0v) is 19.7. The molecule has 0 unspecified atom stereocenters. The summed E-state index contributed by atoms with van der Waals surface area (Å²) in [5.41, 5.74) is 6.82. The topological polar surface area (TPSA) is 118 Å². The van der Waals surface area contributed by atoms with Crippen LogP contribution in [0.25, 0.3) is 17.1 Å². The summed E-state index contributed by atoms with van der Waals surface area (Å²) in [6.07, 6.45) is 0.153. The molecule has 0 saturated carbocycles. The third-order valence-corrected chi connectivity index (χ3v) is 5.91. The molecule has 0 saturated heterocycles. The van der Waals surface area contributed by atoms with E-state index in [-0.39, 0.29) is 23.8 Å². The molecule has 0 bridgehead atoms. The minimum atomic E-state index is -0.407. The van der Waals surface area contributed by atoms with Gasteiger partial charge in [-0.15, -0.1) is 10.2 Å². The van der Waals surface area contributed by atoms with Crippen molar-refractivity contribution in [3.8, 4) is 28.6 Å². The highest BCUT2D eigenvalue weighted by molar-refractivity contribution is 7.99. The number of rotatable bonds is 8. The Kier molecular flexibility index (Phi) is 7.63. The molecule has 1 aromatic heterocycles. The lowest BCUT2D eigenvalue weighted by atomic mass is 10.1. The molecule has 0 aliphatic carbocycles. The molecule has 4 aromatic rings. The normalized spacial score (nSPS) is 10.5. The summed E-state index contributed by atoms with van der Waals surface area (Å²) in [5.74, 6) is 0.255. The highest BCUT2D eigenvalue weighted by Gasteiger charge is 2.21. The molecule has 9 nitrogen and oxygen atoms in total. The Labute approximate surface area is 206 Å². The minimum Gasteiger partial charge on any atom is -0.507 e. The van der Waals surface area contributed by atoms with Crippen LogP contribution in [-0.2, 0) is 16.0 Å². The Balaban J connectivity index is 1.50. The minimum absolute atomic E-state index is 0.0281. The third-order valence-electron chi connectivity index (χ3n) is 4.99. The fraction of sp³-hybridized carbons (Fsp3) is 0.120. The number of aromatic hydroxyl groups is 1. The van der Waals surface area contributed by atoms with E-state index in [0.29, 0.717) is 28.0 Å². The summed E-state index contributed by atoms with van der Waals surface area (Å²) in [5, 5.41) is 19.3. The van der Waals surface area contributed by atoms with Crippen LogP contribution in [-0.4, -0.2) is 44.5 Å². The molecule has 2 amide bonds. The number of ether oxygens (including phenoxy) is 1. The second-order valence-corrected chi connectivity index (χ2v) is 8.32. The van der Waals surface area contributed by atoms with E-state index in [1.807, 2.05) is 48.5 Å². The summed E-state index contributed by atoms with van der Waals surface area (Å²) in [6.45, 7) is 0. The van der Waals surface area contributed by atoms with Crippen molar-refractivity contribution in [2.24, 2.45) is 0 Å². The smallest absolute Gasteiger partial charge is 0.248 e. The summed E-state index contributed by atoms with van der Waals surface area (Å²) >= 11 is 1.14. The first-order valence-corrected chi connectivity index (χ1v) is 11.7. The maximum atomic E-state index is 12.4. The Bertz CT molecular complexity index is 1330. The molecule has 3 aromatic carbocycles. The van der Waals surface area contributed by atoms with E-state index < -0.39 is 5.91 Å². The standard InChI is InChI=1S/C25H23N5O4S/c1-34-21-14-8-6-12-19(21)30-24(18-11-5-7-13-20(18)31)28-29-25(30)35-16-23(33)27-26-22(32)15-17-9-3-2-4-10-17/h2-14,31H,15-16H2,1H3,(H,26,32)(H,27,33). The fourth-order valence-electron chi connectivity index (χ4n) is 3.36. The molecule has 178 valence electrons. The molecule has 10 heteroatoms. The zero-order valence-electron chi connectivity index (χ0n) is 18.8. The highest BCUT2D eigenvalue weighted by atomic mass is 32.2. The number of hydrazine groups is 1. The number of carbonyl (C=O) groups is 2. The number of nitrogens with one attached hydrogen (secondary N) is 2. The fourth-order valence-corrected chi connectivity index (χ4v) is 4.11. The first-order chi connectivity index (χ1) is 17.1. The molecule has 0 aliphatic heterocycles. The second kappa shape index (κ2) is 11.2. The molecular weight excluding hydrogens is 466 g/mol. The summed E-state index contributed by atoms with van der Waals surface area (Å²) < 4.78 is 7.23. The number of phenolic OH excluding ortho intramolecular Hbond substituents is 1. The number of aromatic nitrogens is 3. The quantitative estimate of drug-likeness (QED) is 0.257. The maximum Gasteiger partial charge on any atom is 0.248 e. The van der Waals surface area contributed by atoms with Crippen LogP contribution in [0.4, 0.5) is 0 Å². The second-order valence-electron chi connectivity index (χ2n) is 7.38. The lowest BCUT2D eigenvalue weighted by Crippen LogP contribution is -2.43. The van der Waals surface area contributed by atoms with E-state index in [1.165, 1.54) is 0 Å². The van der Waals surface area contributed by atoms with Gasteiger partial charge in [0.25, 0.3) is 0 Å². The SMILES string of the molecule is COc1ccccc1-n1c(SCC(=O)NNC(=O)Cc2ccccc2)nnc1-c1ccccc1O. The van der Waals surface area contributed by atoms with Crippen LogP contribution in [0.3, 0.4) is 0 Å². The van der Waals surface area contributed by atoms with Crippen LogP contribution in [0.15, 0.2) is 84.0 Å². The van der Waals surface area contributed by atoms with Gasteiger partial charge in [-0.1, -0.05) is 66.4 Å². The molecule has 4 rings (SSSR count). The van der Waals surface area contributed by atoms with Gasteiger partial charge in [0, 0.05) is 0 Å². The van der Waals surface area contributed by atoms with Gasteiger partial charge in [-0.25, -0.2) is 0 Å². The van der Waals surface area contributed by atoms with Gasteiger partial charge in [0.05, 0.1) is 30.5 Å². The first-order valence-electron chi connectivity index (χ1n) is 10.7. The number of amides is 2. The van der Waals surface area contributed by atoms with Crippen LogP contribution in [0.2, 0.25) is 0 Å². The van der Waals surface area contributed by atoms with Crippen LogP contribution in [0.5, 0.6) is 11.5 Å². The maximum absolute atomic E-state index is 12.4. The average molecular weight is 490 g/mol. The first kappa shape index (κ1) is 23.8. The van der Waals surface area contributed by atoms with Gasteiger partial charge in [0.15, 0.2) is 11.0 Å². The monoisotopic (exact) mass is 489 g/mol. The number of benzene rings is 3. The summed E-state index contributed by atoms with van der Waals surface area (Å²) in [6, 6.07) is 23.3. The van der Waals surface area contributed by atoms with Crippen molar-refractivity contribution in [2.75, 3.05) is 12.9 Å². The number of para-hydroxylation sites is 3. The number of thioether (sulfide) groups is 1. The van der Waals surface area contributed by atoms with Crippen molar-refractivity contribution < 1.29 is 19.4 Å². The zero-order chi connectivity index (χ0) is 24.6. The van der Waals surface area contributed by atoms with Gasteiger partial charge >= 0.3 is 0 Å². The number of hydrogen-bond acceptors (Lipinski definition) is 7. The molecule has 0 radical (unpaired) electrons. The van der Waals surface area contributed by atoms with Gasteiger partial charge in [-0.3, -0.25) is 25.0 Å². The molecule has 0 aliphatic rings. The lowest BCUT2D eigenvalue weighted by Gasteiger charge is -2.14. The van der Waals surface area contributed by atoms with E-state index in [1.54, 1.807) is 42.0 Å². The van der Waals surface area contributed by atoms with Crippen molar-refractivity contribution in [3.63, 3.8) is 0 Å². The van der Waals surface area contributed by atoms with E-state index in [2.05, 4.69) is 21.0 Å². The Morgan fingerprint density at radius 1 is 0.914 bits per heavy atom. The van der Waals surface area contributed by atoms with Crippen LogP contribution >= 0.6 is 11.8 Å². The third kappa shape index (κ3) is 5.79. The Morgan fingerprint density at radius 3 is 2.37 bits per heavy atom. The summed E-state index contributed by atoms with van der Waals surface area (Å²) in [7, 11) is 1.56. The molecule has 35 heavy (non-hydrogen) atoms. The predicted molar refractivity (Wildman–Crippen MR) is 132 cm³/mol. The largest absolute Gasteiger partial charge is 0.507 e. The predicted octanol–water partition coefficient (Wildman–Crippen LogP) is 3.13. The molecule has 1 heterocycles. The van der Waals surface area contributed by atoms with E-state index in [4.69, 9.17) is 4.74 Å². The molecule has 0 atom stereocenters. The van der Waals surface area contributed by atoms with Crippen molar-refractivity contribution in [1.29, 1.82) is 0 Å². The van der Waals surface area contributed by atoms with Crippen LogP contribution in [0, 0.1) is 0 Å². The van der Waals surface area contributed by atoms with Crippen LogP contribution < -0.4 is 15.6 Å². The highest BCUT2D eigenvalue weighted by Crippen LogP contribution is 2.35. The number of methoxy groups -OCH3 is 1. The van der Waals surface area contributed by atoms with Gasteiger partial charge in [0.2, 0.25) is 11.8 Å². The lowest BCUT2D eigenvalue weighted by molar-refractivity contribution is -0.127. The molecule has 0 spiro atoms. The number of carbonyl (C=O) groups excluding carboxylic acids is 2. The van der Waals surface area contributed by atoms with Gasteiger partial charge in [-0.2, -0.15) is 0 Å². The van der Waals surface area contributed by atoms with Crippen molar-refractivity contribution in [1.82, 2.24) is 25.6 Å². The van der Waals surface area contributed by atoms with Gasteiger partial charge < -0.3 is 9.84 Å². The van der Waals surface area contributed by atoms with Crippen molar-refractivity contribution in [3.05, 3.63) is 84.4 Å². The van der Waals surface area contributed by atoms with E-state index >= 15 is 0 Å². The number of phenols is 1.